The van der Waals surface area contributed by atoms with Crippen molar-refractivity contribution in [3.63, 3.8) is 0 Å². The fourth-order valence-corrected chi connectivity index (χ4v) is 2.74. The number of likely N-dealkylation sites (tertiary alicyclic amines) is 1. The van der Waals surface area contributed by atoms with E-state index in [0.717, 1.165) is 25.0 Å². The summed E-state index contributed by atoms with van der Waals surface area (Å²) in [7, 11) is 0. The van der Waals surface area contributed by atoms with E-state index in [4.69, 9.17) is 9.26 Å². The highest BCUT2D eigenvalue weighted by Gasteiger charge is 2.35. The van der Waals surface area contributed by atoms with E-state index in [1.54, 1.807) is 6.07 Å². The SMILES string of the molecule is CCC(C)c1cc(NC(=O)[C@@H]2CCCCN2C(=O)OC(C)(C)C)on1. The van der Waals surface area contributed by atoms with Crippen molar-refractivity contribution in [2.45, 2.75) is 77.9 Å². The van der Waals surface area contributed by atoms with Gasteiger partial charge in [0.1, 0.15) is 11.6 Å². The van der Waals surface area contributed by atoms with Gasteiger partial charge in [-0.05, 0) is 46.5 Å². The summed E-state index contributed by atoms with van der Waals surface area (Å²) in [6.45, 7) is 10.1. The fraction of sp³-hybridized carbons (Fsp3) is 0.722. The van der Waals surface area contributed by atoms with Crippen LogP contribution in [0, 0.1) is 0 Å². The number of ether oxygens (including phenoxy) is 1. The molecule has 2 rings (SSSR count). The average Bonchev–Trinajstić information content (AvgIpc) is 3.01. The van der Waals surface area contributed by atoms with Gasteiger partial charge in [0.2, 0.25) is 11.8 Å². The highest BCUT2D eigenvalue weighted by molar-refractivity contribution is 5.95. The highest BCUT2D eigenvalue weighted by Crippen LogP contribution is 2.24. The number of rotatable bonds is 4. The minimum atomic E-state index is -0.592. The lowest BCUT2D eigenvalue weighted by Crippen LogP contribution is -2.51. The average molecular weight is 351 g/mol. The minimum absolute atomic E-state index is 0.266. The van der Waals surface area contributed by atoms with Gasteiger partial charge in [-0.15, -0.1) is 0 Å². The zero-order valence-corrected chi connectivity index (χ0v) is 15.8. The summed E-state index contributed by atoms with van der Waals surface area (Å²) in [4.78, 5) is 26.6. The Hall–Kier alpha value is -2.05. The van der Waals surface area contributed by atoms with Crippen LogP contribution in [0.1, 0.15) is 71.9 Å². The Bertz CT molecular complexity index is 606. The molecule has 1 aromatic rings. The molecule has 25 heavy (non-hydrogen) atoms. The van der Waals surface area contributed by atoms with Crippen LogP contribution in [-0.4, -0.2) is 40.2 Å². The normalized spacial score (nSPS) is 19.4. The summed E-state index contributed by atoms with van der Waals surface area (Å²) in [5.41, 5.74) is 0.219. The van der Waals surface area contributed by atoms with Crippen LogP contribution in [0.25, 0.3) is 0 Å². The predicted octanol–water partition coefficient (Wildman–Crippen LogP) is 3.92. The quantitative estimate of drug-likeness (QED) is 0.889. The predicted molar refractivity (Wildman–Crippen MR) is 94.4 cm³/mol. The second-order valence-corrected chi connectivity index (χ2v) is 7.60. The van der Waals surface area contributed by atoms with Gasteiger partial charge in [0.05, 0.1) is 5.69 Å². The first-order valence-electron chi connectivity index (χ1n) is 8.98. The van der Waals surface area contributed by atoms with Gasteiger partial charge in [-0.3, -0.25) is 15.0 Å². The van der Waals surface area contributed by atoms with Crippen molar-refractivity contribution in [2.24, 2.45) is 0 Å². The van der Waals surface area contributed by atoms with Crippen LogP contribution >= 0.6 is 0 Å². The first-order valence-corrected chi connectivity index (χ1v) is 8.98. The first-order chi connectivity index (χ1) is 11.7. The molecule has 1 aliphatic rings. The van der Waals surface area contributed by atoms with Crippen LogP contribution in [0.3, 0.4) is 0 Å². The maximum atomic E-state index is 12.6. The second kappa shape index (κ2) is 7.89. The third-order valence-corrected chi connectivity index (χ3v) is 4.33. The maximum Gasteiger partial charge on any atom is 0.410 e. The van der Waals surface area contributed by atoms with Gasteiger partial charge in [-0.2, -0.15) is 0 Å². The van der Waals surface area contributed by atoms with Crippen molar-refractivity contribution in [3.8, 4) is 0 Å². The highest BCUT2D eigenvalue weighted by atomic mass is 16.6. The lowest BCUT2D eigenvalue weighted by atomic mass is 10.0. The molecule has 1 aromatic heterocycles. The Morgan fingerprint density at radius 2 is 2.16 bits per heavy atom. The van der Waals surface area contributed by atoms with Crippen molar-refractivity contribution in [2.75, 3.05) is 11.9 Å². The van der Waals surface area contributed by atoms with Gasteiger partial charge < -0.3 is 9.26 Å². The number of anilines is 1. The summed E-state index contributed by atoms with van der Waals surface area (Å²) in [6, 6.07) is 1.19. The monoisotopic (exact) mass is 351 g/mol. The number of nitrogens with one attached hydrogen (secondary N) is 1. The minimum Gasteiger partial charge on any atom is -0.444 e. The summed E-state index contributed by atoms with van der Waals surface area (Å²) < 4.78 is 10.6. The Morgan fingerprint density at radius 1 is 1.44 bits per heavy atom. The second-order valence-electron chi connectivity index (χ2n) is 7.60. The summed E-state index contributed by atoms with van der Waals surface area (Å²) in [5, 5.41) is 6.73. The van der Waals surface area contributed by atoms with E-state index < -0.39 is 17.7 Å². The number of hydrogen-bond acceptors (Lipinski definition) is 5. The van der Waals surface area contributed by atoms with Crippen molar-refractivity contribution in [3.05, 3.63) is 11.8 Å². The molecule has 0 radical (unpaired) electrons. The third kappa shape index (κ3) is 5.21. The Labute approximate surface area is 149 Å². The summed E-state index contributed by atoms with van der Waals surface area (Å²) in [6.07, 6.45) is 2.85. The molecule has 0 bridgehead atoms. The van der Waals surface area contributed by atoms with E-state index in [1.165, 1.54) is 4.90 Å². The first kappa shape index (κ1) is 19.3. The molecule has 2 atom stereocenters. The largest absolute Gasteiger partial charge is 0.444 e. The molecule has 1 unspecified atom stereocenters. The van der Waals surface area contributed by atoms with E-state index in [9.17, 15) is 9.59 Å². The van der Waals surface area contributed by atoms with Gasteiger partial charge in [-0.1, -0.05) is 19.0 Å². The summed E-state index contributed by atoms with van der Waals surface area (Å²) in [5.74, 6) is 0.315. The molecular weight excluding hydrogens is 322 g/mol. The number of hydrogen-bond donors (Lipinski definition) is 1. The van der Waals surface area contributed by atoms with E-state index in [0.29, 0.717) is 18.8 Å². The number of carbonyl (C=O) groups excluding carboxylic acids is 2. The van der Waals surface area contributed by atoms with Crippen LogP contribution < -0.4 is 5.32 Å². The third-order valence-electron chi connectivity index (χ3n) is 4.33. The number of amides is 2. The number of nitrogens with zero attached hydrogens (tertiary/aromatic N) is 2. The fourth-order valence-electron chi connectivity index (χ4n) is 2.74. The van der Waals surface area contributed by atoms with Crippen LogP contribution in [-0.2, 0) is 9.53 Å². The van der Waals surface area contributed by atoms with E-state index >= 15 is 0 Å². The molecule has 0 saturated carbocycles. The molecule has 0 spiro atoms. The molecule has 1 saturated heterocycles. The van der Waals surface area contributed by atoms with Gasteiger partial charge in [0.15, 0.2) is 0 Å². The number of carbonyl (C=O) groups is 2. The van der Waals surface area contributed by atoms with Gasteiger partial charge in [-0.25, -0.2) is 4.79 Å². The van der Waals surface area contributed by atoms with Crippen LogP contribution in [0.5, 0.6) is 0 Å². The molecule has 7 nitrogen and oxygen atoms in total. The zero-order chi connectivity index (χ0) is 18.6. The zero-order valence-electron chi connectivity index (χ0n) is 15.8. The summed E-state index contributed by atoms with van der Waals surface area (Å²) >= 11 is 0. The Kier molecular flexibility index (Phi) is 6.08. The molecule has 1 fully saturated rings. The molecule has 1 aliphatic heterocycles. The van der Waals surface area contributed by atoms with Crippen molar-refractivity contribution >= 4 is 17.9 Å². The Balaban J connectivity index is 2.05. The Morgan fingerprint density at radius 3 is 2.80 bits per heavy atom. The molecule has 0 aromatic carbocycles. The molecule has 1 N–H and O–H groups in total. The van der Waals surface area contributed by atoms with Gasteiger partial charge >= 0.3 is 6.09 Å². The lowest BCUT2D eigenvalue weighted by Gasteiger charge is -2.35. The topological polar surface area (TPSA) is 84.7 Å². The van der Waals surface area contributed by atoms with Crippen LogP contribution in [0.15, 0.2) is 10.6 Å². The van der Waals surface area contributed by atoms with Crippen molar-refractivity contribution < 1.29 is 18.8 Å². The maximum absolute atomic E-state index is 12.6. The lowest BCUT2D eigenvalue weighted by molar-refractivity contribution is -0.122. The van der Waals surface area contributed by atoms with Crippen LogP contribution in [0.4, 0.5) is 10.7 Å². The van der Waals surface area contributed by atoms with E-state index in [2.05, 4.69) is 24.3 Å². The van der Waals surface area contributed by atoms with Crippen molar-refractivity contribution in [1.82, 2.24) is 10.1 Å². The molecule has 7 heteroatoms. The van der Waals surface area contributed by atoms with E-state index in [-0.39, 0.29) is 11.8 Å². The van der Waals surface area contributed by atoms with Crippen LogP contribution in [0.2, 0.25) is 0 Å². The van der Waals surface area contributed by atoms with Crippen molar-refractivity contribution in [1.29, 1.82) is 0 Å². The molecule has 140 valence electrons. The van der Waals surface area contributed by atoms with E-state index in [1.807, 2.05) is 20.8 Å². The van der Waals surface area contributed by atoms with Gasteiger partial charge in [0, 0.05) is 18.5 Å². The smallest absolute Gasteiger partial charge is 0.410 e. The molecule has 2 amide bonds. The molecule has 0 aliphatic carbocycles. The standard InChI is InChI=1S/C18H29N3O4/c1-6-12(2)13-11-15(25-20-13)19-16(22)14-9-7-8-10-21(14)17(23)24-18(3,4)5/h11-12,14H,6-10H2,1-5H3,(H,19,22)/t12?,14-/m0/s1. The molecule has 2 heterocycles. The molecular formula is C18H29N3O4. The number of aromatic nitrogens is 1. The number of piperidine rings is 1. The van der Waals surface area contributed by atoms with Gasteiger partial charge in [0.25, 0.3) is 0 Å².